The summed E-state index contributed by atoms with van der Waals surface area (Å²) >= 11 is 0. The first-order valence-electron chi connectivity index (χ1n) is 7.82. The van der Waals surface area contributed by atoms with Gasteiger partial charge in [0.15, 0.2) is 0 Å². The first-order chi connectivity index (χ1) is 10.1. The summed E-state index contributed by atoms with van der Waals surface area (Å²) in [6, 6.07) is 9.28. The molecule has 118 valence electrons. The highest BCUT2D eigenvalue weighted by molar-refractivity contribution is 5.29. The van der Waals surface area contributed by atoms with Crippen LogP contribution in [-0.2, 0) is 4.74 Å². The highest BCUT2D eigenvalue weighted by Gasteiger charge is 2.22. The molecule has 0 radical (unpaired) electrons. The van der Waals surface area contributed by atoms with Crippen LogP contribution in [0, 0.1) is 0 Å². The van der Waals surface area contributed by atoms with Crippen LogP contribution in [0.5, 0.6) is 5.75 Å². The molecule has 1 heterocycles. The third-order valence-electron chi connectivity index (χ3n) is 4.00. The largest absolute Gasteiger partial charge is 0.491 e. The van der Waals surface area contributed by atoms with Gasteiger partial charge in [-0.25, -0.2) is 0 Å². The molecule has 0 amide bonds. The van der Waals surface area contributed by atoms with E-state index in [2.05, 4.69) is 41.5 Å². The summed E-state index contributed by atoms with van der Waals surface area (Å²) in [5, 5.41) is 3.41. The molecule has 0 aliphatic carbocycles. The van der Waals surface area contributed by atoms with Gasteiger partial charge in [-0.1, -0.05) is 12.1 Å². The topological polar surface area (TPSA) is 33.7 Å². The first-order valence-corrected chi connectivity index (χ1v) is 7.82. The number of likely N-dealkylation sites (N-methyl/N-ethyl adjacent to an activating group) is 2. The predicted molar refractivity (Wildman–Crippen MR) is 85.9 cm³/mol. The number of rotatable bonds is 7. The van der Waals surface area contributed by atoms with Gasteiger partial charge >= 0.3 is 0 Å². The van der Waals surface area contributed by atoms with Crippen LogP contribution >= 0.6 is 0 Å². The van der Waals surface area contributed by atoms with Crippen molar-refractivity contribution in [2.75, 3.05) is 33.9 Å². The Morgan fingerprint density at radius 2 is 2.05 bits per heavy atom. The number of hydrogen-bond donors (Lipinski definition) is 1. The van der Waals surface area contributed by atoms with Crippen LogP contribution in [0.1, 0.15) is 31.9 Å². The average molecular weight is 292 g/mol. The Morgan fingerprint density at radius 3 is 2.57 bits per heavy atom. The number of nitrogens with zero attached hydrogens (tertiary/aromatic N) is 1. The fourth-order valence-corrected chi connectivity index (χ4v) is 2.72. The number of nitrogens with one attached hydrogen (secondary N) is 1. The maximum absolute atomic E-state index is 5.70. The Morgan fingerprint density at radius 1 is 1.33 bits per heavy atom. The summed E-state index contributed by atoms with van der Waals surface area (Å²) in [4.78, 5) is 2.40. The van der Waals surface area contributed by atoms with E-state index in [1.807, 2.05) is 20.9 Å². The molecule has 0 bridgehead atoms. The molecule has 0 spiro atoms. The highest BCUT2D eigenvalue weighted by Crippen LogP contribution is 2.21. The van der Waals surface area contributed by atoms with Crippen LogP contribution in [0.25, 0.3) is 0 Å². The molecular formula is C17H28N2O2. The van der Waals surface area contributed by atoms with E-state index in [4.69, 9.17) is 9.47 Å². The van der Waals surface area contributed by atoms with Crippen LogP contribution in [0.2, 0.25) is 0 Å². The molecule has 2 rings (SSSR count). The lowest BCUT2D eigenvalue weighted by Gasteiger charge is -2.28. The lowest BCUT2D eigenvalue weighted by molar-refractivity contribution is 0.153. The average Bonchev–Trinajstić information content (AvgIpc) is 2.99. The van der Waals surface area contributed by atoms with Crippen LogP contribution in [-0.4, -0.2) is 50.9 Å². The fourth-order valence-electron chi connectivity index (χ4n) is 2.72. The van der Waals surface area contributed by atoms with Gasteiger partial charge in [-0.05, 0) is 52.1 Å². The van der Waals surface area contributed by atoms with Crippen LogP contribution < -0.4 is 10.1 Å². The van der Waals surface area contributed by atoms with Gasteiger partial charge in [-0.2, -0.15) is 0 Å². The molecule has 1 saturated heterocycles. The van der Waals surface area contributed by atoms with Crippen LogP contribution in [0.15, 0.2) is 24.3 Å². The summed E-state index contributed by atoms with van der Waals surface area (Å²) in [5.41, 5.74) is 1.29. The second kappa shape index (κ2) is 7.78. The van der Waals surface area contributed by atoms with Crippen molar-refractivity contribution in [1.29, 1.82) is 0 Å². The summed E-state index contributed by atoms with van der Waals surface area (Å²) in [7, 11) is 4.20. The zero-order valence-corrected chi connectivity index (χ0v) is 13.6. The maximum atomic E-state index is 5.70. The Bertz CT molecular complexity index is 413. The van der Waals surface area contributed by atoms with Crippen LogP contribution in [0.4, 0.5) is 0 Å². The van der Waals surface area contributed by atoms with Gasteiger partial charge in [0.25, 0.3) is 0 Å². The number of ether oxygens (including phenoxy) is 2. The zero-order valence-electron chi connectivity index (χ0n) is 13.6. The van der Waals surface area contributed by atoms with Gasteiger partial charge in [0.05, 0.1) is 12.7 Å². The lowest BCUT2D eigenvalue weighted by Crippen LogP contribution is -2.38. The second-order valence-corrected chi connectivity index (χ2v) is 6.03. The van der Waals surface area contributed by atoms with Gasteiger partial charge in [-0.3, -0.25) is 4.90 Å². The van der Waals surface area contributed by atoms with E-state index in [1.54, 1.807) is 0 Å². The fraction of sp³-hybridized carbons (Fsp3) is 0.647. The Balaban J connectivity index is 1.96. The minimum Gasteiger partial charge on any atom is -0.491 e. The quantitative estimate of drug-likeness (QED) is 0.837. The zero-order chi connectivity index (χ0) is 15.2. The third kappa shape index (κ3) is 4.70. The molecule has 2 unspecified atom stereocenters. The van der Waals surface area contributed by atoms with Gasteiger partial charge in [-0.15, -0.1) is 0 Å². The Labute approximate surface area is 128 Å². The molecule has 1 aromatic carbocycles. The second-order valence-electron chi connectivity index (χ2n) is 6.03. The molecule has 21 heavy (non-hydrogen) atoms. The Hall–Kier alpha value is -1.10. The number of benzene rings is 1. The molecule has 1 aromatic rings. The van der Waals surface area contributed by atoms with Gasteiger partial charge in [0.2, 0.25) is 0 Å². The molecule has 1 aliphatic heterocycles. The van der Waals surface area contributed by atoms with Crippen molar-refractivity contribution >= 4 is 0 Å². The van der Waals surface area contributed by atoms with E-state index >= 15 is 0 Å². The molecule has 4 nitrogen and oxygen atoms in total. The molecule has 1 fully saturated rings. The molecule has 0 saturated carbocycles. The van der Waals surface area contributed by atoms with Gasteiger partial charge in [0.1, 0.15) is 5.75 Å². The van der Waals surface area contributed by atoms with Crippen molar-refractivity contribution in [3.05, 3.63) is 29.8 Å². The van der Waals surface area contributed by atoms with E-state index in [0.29, 0.717) is 12.1 Å². The summed E-state index contributed by atoms with van der Waals surface area (Å²) < 4.78 is 11.2. The van der Waals surface area contributed by atoms with E-state index in [-0.39, 0.29) is 6.10 Å². The summed E-state index contributed by atoms with van der Waals surface area (Å²) in [6.07, 6.45) is 1.35. The summed E-state index contributed by atoms with van der Waals surface area (Å²) in [5.74, 6) is 0.932. The van der Waals surface area contributed by atoms with Crippen molar-refractivity contribution in [2.24, 2.45) is 0 Å². The van der Waals surface area contributed by atoms with Gasteiger partial charge < -0.3 is 14.8 Å². The molecule has 1 N–H and O–H groups in total. The van der Waals surface area contributed by atoms with Gasteiger partial charge in [0, 0.05) is 25.2 Å². The monoisotopic (exact) mass is 292 g/mol. The summed E-state index contributed by atoms with van der Waals surface area (Å²) in [6.45, 7) is 6.81. The van der Waals surface area contributed by atoms with E-state index < -0.39 is 0 Å². The minimum absolute atomic E-state index is 0.212. The third-order valence-corrected chi connectivity index (χ3v) is 4.00. The van der Waals surface area contributed by atoms with Crippen molar-refractivity contribution in [3.63, 3.8) is 0 Å². The molecule has 4 heteroatoms. The van der Waals surface area contributed by atoms with Crippen LogP contribution in [0.3, 0.4) is 0 Å². The Kier molecular flexibility index (Phi) is 6.03. The highest BCUT2D eigenvalue weighted by atomic mass is 16.5. The predicted octanol–water partition coefficient (Wildman–Crippen LogP) is 2.45. The number of hydrogen-bond acceptors (Lipinski definition) is 4. The molecule has 0 aromatic heterocycles. The van der Waals surface area contributed by atoms with Crippen molar-refractivity contribution in [2.45, 2.75) is 38.5 Å². The van der Waals surface area contributed by atoms with E-state index in [9.17, 15) is 0 Å². The van der Waals surface area contributed by atoms with Crippen molar-refractivity contribution in [1.82, 2.24) is 10.2 Å². The maximum Gasteiger partial charge on any atom is 0.119 e. The van der Waals surface area contributed by atoms with Crippen molar-refractivity contribution in [3.8, 4) is 5.75 Å². The van der Waals surface area contributed by atoms with E-state index in [1.165, 1.54) is 5.56 Å². The molecular weight excluding hydrogens is 264 g/mol. The first kappa shape index (κ1) is 16.3. The van der Waals surface area contributed by atoms with Crippen molar-refractivity contribution < 1.29 is 9.47 Å². The SMILES string of the molecule is CNC(CN(C)C1CCOC1)c1ccc(OC(C)C)cc1. The molecule has 2 atom stereocenters. The molecule has 1 aliphatic rings. The standard InChI is InChI=1S/C17H28N2O2/c1-13(2)21-16-7-5-14(6-8-16)17(18-3)11-19(4)15-9-10-20-12-15/h5-8,13,15,17-18H,9-12H2,1-4H3. The smallest absolute Gasteiger partial charge is 0.119 e. The van der Waals surface area contributed by atoms with E-state index in [0.717, 1.165) is 31.9 Å². The lowest BCUT2D eigenvalue weighted by atomic mass is 10.1. The normalized spacial score (nSPS) is 20.2. The minimum atomic E-state index is 0.212.